The monoisotopic (exact) mass is 317 g/mol. The smallest absolute Gasteiger partial charge is 0.259 e. The van der Waals surface area contributed by atoms with Crippen LogP contribution in [0.3, 0.4) is 0 Å². The van der Waals surface area contributed by atoms with Crippen LogP contribution in [-0.4, -0.2) is 39.1 Å². The van der Waals surface area contributed by atoms with E-state index in [9.17, 15) is 4.79 Å². The van der Waals surface area contributed by atoms with Crippen LogP contribution in [0.5, 0.6) is 5.75 Å². The van der Waals surface area contributed by atoms with Crippen molar-refractivity contribution in [1.29, 1.82) is 0 Å². The predicted octanol–water partition coefficient (Wildman–Crippen LogP) is 2.76. The van der Waals surface area contributed by atoms with E-state index in [-0.39, 0.29) is 18.7 Å². The maximum Gasteiger partial charge on any atom is 0.259 e. The molecule has 0 bridgehead atoms. The summed E-state index contributed by atoms with van der Waals surface area (Å²) in [6, 6.07) is 7.43. The van der Waals surface area contributed by atoms with Crippen LogP contribution in [0.1, 0.15) is 19.3 Å². The molecule has 5 heteroatoms. The Morgan fingerprint density at radius 1 is 1.17 bits per heavy atom. The fourth-order valence-electron chi connectivity index (χ4n) is 2.93. The Labute approximate surface area is 136 Å². The molecular formula is C18H23NO4. The standard InChI is InChI=1S/C18H23NO4/c1-21-12-23-17-16(11-6-13-4-3-5-13)19(18(17)20)14-7-9-15(22-2)10-8-14/h6-11,13,16-17H,3-5,12H2,1-2H3/b11-6+/t16?,17-/m1/s1. The molecule has 1 amide bonds. The molecule has 5 nitrogen and oxygen atoms in total. The highest BCUT2D eigenvalue weighted by molar-refractivity contribution is 6.05. The van der Waals surface area contributed by atoms with E-state index in [0.29, 0.717) is 5.92 Å². The van der Waals surface area contributed by atoms with Gasteiger partial charge < -0.3 is 19.1 Å². The molecule has 1 aromatic rings. The molecule has 23 heavy (non-hydrogen) atoms. The number of rotatable bonds is 7. The van der Waals surface area contributed by atoms with E-state index in [1.165, 1.54) is 19.3 Å². The van der Waals surface area contributed by atoms with Crippen LogP contribution in [0.2, 0.25) is 0 Å². The Hall–Kier alpha value is -1.85. The summed E-state index contributed by atoms with van der Waals surface area (Å²) in [6.07, 6.45) is 7.64. The van der Waals surface area contributed by atoms with Gasteiger partial charge in [0.2, 0.25) is 0 Å². The number of anilines is 1. The number of amides is 1. The third kappa shape index (κ3) is 3.26. The summed E-state index contributed by atoms with van der Waals surface area (Å²) < 4.78 is 15.7. The van der Waals surface area contributed by atoms with Crippen LogP contribution < -0.4 is 9.64 Å². The molecule has 2 atom stereocenters. The number of benzene rings is 1. The van der Waals surface area contributed by atoms with E-state index in [4.69, 9.17) is 14.2 Å². The molecule has 124 valence electrons. The van der Waals surface area contributed by atoms with Gasteiger partial charge in [-0.15, -0.1) is 0 Å². The lowest BCUT2D eigenvalue weighted by molar-refractivity contribution is -0.151. The van der Waals surface area contributed by atoms with Crippen molar-refractivity contribution in [2.75, 3.05) is 25.9 Å². The van der Waals surface area contributed by atoms with Gasteiger partial charge in [0.25, 0.3) is 5.91 Å². The first-order valence-electron chi connectivity index (χ1n) is 8.00. The molecule has 1 heterocycles. The van der Waals surface area contributed by atoms with Crippen molar-refractivity contribution in [3.05, 3.63) is 36.4 Å². The number of allylic oxidation sites excluding steroid dienone is 1. The van der Waals surface area contributed by atoms with Crippen molar-refractivity contribution >= 4 is 11.6 Å². The van der Waals surface area contributed by atoms with Gasteiger partial charge in [0, 0.05) is 12.8 Å². The molecule has 0 aromatic heterocycles. The summed E-state index contributed by atoms with van der Waals surface area (Å²) in [5, 5.41) is 0. The third-order valence-electron chi connectivity index (χ3n) is 4.54. The van der Waals surface area contributed by atoms with Crippen LogP contribution in [-0.2, 0) is 14.3 Å². The second-order valence-electron chi connectivity index (χ2n) is 5.97. The molecule has 1 saturated heterocycles. The molecular weight excluding hydrogens is 294 g/mol. The minimum atomic E-state index is -0.464. The molecule has 0 spiro atoms. The minimum Gasteiger partial charge on any atom is -0.497 e. The zero-order valence-corrected chi connectivity index (χ0v) is 13.6. The Balaban J connectivity index is 1.75. The summed E-state index contributed by atoms with van der Waals surface area (Å²) in [4.78, 5) is 14.2. The number of β-lactam (4-membered cyclic amide) rings is 1. The number of ether oxygens (including phenoxy) is 3. The summed E-state index contributed by atoms with van der Waals surface area (Å²) >= 11 is 0. The normalized spacial score (nSPS) is 24.6. The Morgan fingerprint density at radius 3 is 2.48 bits per heavy atom. The second-order valence-corrected chi connectivity index (χ2v) is 5.97. The van der Waals surface area contributed by atoms with E-state index < -0.39 is 6.10 Å². The van der Waals surface area contributed by atoms with Crippen LogP contribution in [0.25, 0.3) is 0 Å². The van der Waals surface area contributed by atoms with Crippen molar-refractivity contribution in [1.82, 2.24) is 0 Å². The maximum atomic E-state index is 12.4. The highest BCUT2D eigenvalue weighted by Crippen LogP contribution is 2.34. The first-order chi connectivity index (χ1) is 11.2. The van der Waals surface area contributed by atoms with Gasteiger partial charge in [-0.05, 0) is 43.0 Å². The van der Waals surface area contributed by atoms with Crippen LogP contribution in [0, 0.1) is 5.92 Å². The molecule has 1 aliphatic carbocycles. The maximum absolute atomic E-state index is 12.4. The fourth-order valence-corrected chi connectivity index (χ4v) is 2.93. The molecule has 1 unspecified atom stereocenters. The highest BCUT2D eigenvalue weighted by Gasteiger charge is 2.47. The van der Waals surface area contributed by atoms with E-state index in [1.54, 1.807) is 19.1 Å². The zero-order chi connectivity index (χ0) is 16.2. The Bertz CT molecular complexity index is 565. The fraction of sp³-hybridized carbons (Fsp3) is 0.500. The van der Waals surface area contributed by atoms with Crippen molar-refractivity contribution in [2.45, 2.75) is 31.4 Å². The number of hydrogen-bond donors (Lipinski definition) is 0. The highest BCUT2D eigenvalue weighted by atomic mass is 16.7. The molecule has 0 radical (unpaired) electrons. The third-order valence-corrected chi connectivity index (χ3v) is 4.54. The lowest BCUT2D eigenvalue weighted by Gasteiger charge is -2.45. The topological polar surface area (TPSA) is 48.0 Å². The second kappa shape index (κ2) is 7.15. The van der Waals surface area contributed by atoms with Gasteiger partial charge in [-0.25, -0.2) is 0 Å². The lowest BCUT2D eigenvalue weighted by Crippen LogP contribution is -2.65. The number of hydrogen-bond acceptors (Lipinski definition) is 4. The molecule has 2 aliphatic rings. The Morgan fingerprint density at radius 2 is 1.91 bits per heavy atom. The van der Waals surface area contributed by atoms with Crippen molar-refractivity contribution < 1.29 is 19.0 Å². The first kappa shape index (κ1) is 16.0. The van der Waals surface area contributed by atoms with E-state index in [1.807, 2.05) is 24.3 Å². The molecule has 1 saturated carbocycles. The van der Waals surface area contributed by atoms with Crippen LogP contribution in [0.15, 0.2) is 36.4 Å². The van der Waals surface area contributed by atoms with Gasteiger partial charge in [-0.1, -0.05) is 18.6 Å². The van der Waals surface area contributed by atoms with Gasteiger partial charge in [-0.2, -0.15) is 0 Å². The van der Waals surface area contributed by atoms with Gasteiger partial charge in [0.05, 0.1) is 13.2 Å². The predicted molar refractivity (Wildman–Crippen MR) is 87.5 cm³/mol. The van der Waals surface area contributed by atoms with Gasteiger partial charge >= 0.3 is 0 Å². The van der Waals surface area contributed by atoms with Gasteiger partial charge in [0.1, 0.15) is 12.5 Å². The van der Waals surface area contributed by atoms with E-state index in [2.05, 4.69) is 12.2 Å². The SMILES string of the molecule is COCO[C@H]1C(=O)N(c2ccc(OC)cc2)C1/C=C/C1CCC1. The summed E-state index contributed by atoms with van der Waals surface area (Å²) in [5.74, 6) is 1.39. The average Bonchev–Trinajstić information content (AvgIpc) is 2.53. The Kier molecular flexibility index (Phi) is 4.98. The number of nitrogens with zero attached hydrogens (tertiary/aromatic N) is 1. The molecule has 3 rings (SSSR count). The van der Waals surface area contributed by atoms with Crippen molar-refractivity contribution in [3.8, 4) is 5.75 Å². The first-order valence-corrected chi connectivity index (χ1v) is 8.00. The van der Waals surface area contributed by atoms with Gasteiger partial charge in [0.15, 0.2) is 6.10 Å². The molecule has 1 aliphatic heterocycles. The molecule has 1 aromatic carbocycles. The lowest BCUT2D eigenvalue weighted by atomic mass is 9.84. The largest absolute Gasteiger partial charge is 0.497 e. The van der Waals surface area contributed by atoms with Crippen molar-refractivity contribution in [2.24, 2.45) is 5.92 Å². The number of carbonyl (C=O) groups excluding carboxylic acids is 1. The molecule has 0 N–H and O–H groups in total. The quantitative estimate of drug-likeness (QED) is 0.441. The van der Waals surface area contributed by atoms with E-state index >= 15 is 0 Å². The summed E-state index contributed by atoms with van der Waals surface area (Å²) in [5.41, 5.74) is 0.858. The number of methoxy groups -OCH3 is 2. The van der Waals surface area contributed by atoms with E-state index in [0.717, 1.165) is 11.4 Å². The summed E-state index contributed by atoms with van der Waals surface area (Å²) in [6.45, 7) is 0.126. The van der Waals surface area contributed by atoms with Crippen LogP contribution in [0.4, 0.5) is 5.69 Å². The van der Waals surface area contributed by atoms with Crippen molar-refractivity contribution in [3.63, 3.8) is 0 Å². The van der Waals surface area contributed by atoms with Gasteiger partial charge in [-0.3, -0.25) is 4.79 Å². The zero-order valence-electron chi connectivity index (χ0n) is 13.6. The number of carbonyl (C=O) groups is 1. The minimum absolute atomic E-state index is 0.0320. The average molecular weight is 317 g/mol. The molecule has 2 fully saturated rings. The van der Waals surface area contributed by atoms with Crippen LogP contribution >= 0.6 is 0 Å². The summed E-state index contributed by atoms with van der Waals surface area (Å²) in [7, 11) is 3.19.